The monoisotopic (exact) mass is 363 g/mol. The zero-order valence-electron chi connectivity index (χ0n) is 15.4. The van der Waals surface area contributed by atoms with Gasteiger partial charge in [-0.15, -0.1) is 0 Å². The molecule has 1 N–H and O–H groups in total. The molecule has 0 saturated heterocycles. The molecule has 2 aromatic rings. The maximum absolute atomic E-state index is 13.3. The Morgan fingerprint density at radius 1 is 1.04 bits per heavy atom. The second-order valence-electron chi connectivity index (χ2n) is 7.12. The number of aromatic nitrogens is 2. The van der Waals surface area contributed by atoms with Crippen LogP contribution in [0.25, 0.3) is 0 Å². The van der Waals surface area contributed by atoms with Crippen LogP contribution in [-0.4, -0.2) is 18.6 Å². The van der Waals surface area contributed by atoms with Gasteiger partial charge in [0.05, 0.1) is 10.4 Å². The molecular formula is C18H25N3O3S. The maximum Gasteiger partial charge on any atom is 0.242 e. The van der Waals surface area contributed by atoms with Crippen LogP contribution in [0.15, 0.2) is 15.5 Å². The Morgan fingerprint density at radius 3 is 2.08 bits per heavy atom. The smallest absolute Gasteiger partial charge is 0.242 e. The Labute approximate surface area is 149 Å². The maximum atomic E-state index is 13.3. The van der Waals surface area contributed by atoms with Gasteiger partial charge >= 0.3 is 0 Å². The van der Waals surface area contributed by atoms with Crippen molar-refractivity contribution in [2.24, 2.45) is 0 Å². The molecule has 1 heterocycles. The highest BCUT2D eigenvalue weighted by Crippen LogP contribution is 2.39. The highest BCUT2D eigenvalue weighted by Gasteiger charge is 2.44. The molecule has 0 unspecified atom stereocenters. The summed E-state index contributed by atoms with van der Waals surface area (Å²) in [5, 5.41) is 4.01. The third-order valence-electron chi connectivity index (χ3n) is 5.31. The van der Waals surface area contributed by atoms with E-state index in [0.29, 0.717) is 29.5 Å². The van der Waals surface area contributed by atoms with Gasteiger partial charge in [0.1, 0.15) is 0 Å². The molecule has 1 aromatic heterocycles. The average molecular weight is 363 g/mol. The molecule has 0 aliphatic heterocycles. The summed E-state index contributed by atoms with van der Waals surface area (Å²) in [5.74, 6) is 0.880. The molecule has 0 atom stereocenters. The van der Waals surface area contributed by atoms with E-state index in [4.69, 9.17) is 4.52 Å². The predicted octanol–water partition coefficient (Wildman–Crippen LogP) is 3.36. The van der Waals surface area contributed by atoms with Crippen LogP contribution in [0.1, 0.15) is 59.7 Å². The van der Waals surface area contributed by atoms with Crippen molar-refractivity contribution >= 4 is 10.0 Å². The minimum Gasteiger partial charge on any atom is -0.340 e. The zero-order valence-corrected chi connectivity index (χ0v) is 16.2. The Bertz CT molecular complexity index is 884. The lowest BCUT2D eigenvalue weighted by Crippen LogP contribution is -2.45. The van der Waals surface area contributed by atoms with Crippen LogP contribution in [0, 0.1) is 34.6 Å². The molecule has 0 bridgehead atoms. The molecule has 136 valence electrons. The van der Waals surface area contributed by atoms with Crippen LogP contribution >= 0.6 is 0 Å². The fourth-order valence-corrected chi connectivity index (χ4v) is 5.78. The van der Waals surface area contributed by atoms with Crippen molar-refractivity contribution in [1.82, 2.24) is 14.9 Å². The van der Waals surface area contributed by atoms with Crippen LogP contribution in [0.3, 0.4) is 0 Å². The summed E-state index contributed by atoms with van der Waals surface area (Å²) in [5.41, 5.74) is 2.73. The van der Waals surface area contributed by atoms with Crippen molar-refractivity contribution in [1.29, 1.82) is 0 Å². The molecular weight excluding hydrogens is 338 g/mol. The van der Waals surface area contributed by atoms with Crippen molar-refractivity contribution in [2.45, 2.75) is 70.7 Å². The summed E-state index contributed by atoms with van der Waals surface area (Å²) in [6, 6.07) is 2.03. The van der Waals surface area contributed by atoms with Crippen LogP contribution in [0.2, 0.25) is 0 Å². The summed E-state index contributed by atoms with van der Waals surface area (Å²) >= 11 is 0. The van der Waals surface area contributed by atoms with E-state index in [2.05, 4.69) is 14.9 Å². The van der Waals surface area contributed by atoms with E-state index in [9.17, 15) is 8.42 Å². The van der Waals surface area contributed by atoms with Crippen LogP contribution < -0.4 is 4.72 Å². The standard InChI is InChI=1S/C18H25N3O3S/c1-11-10-12(2)14(4)16(13(11)3)25(22,23)21-18(8-6-7-9-18)17-19-15(5)24-20-17/h10,21H,6-9H2,1-5H3. The molecule has 6 nitrogen and oxygen atoms in total. The molecule has 3 rings (SSSR count). The Morgan fingerprint density at radius 2 is 1.60 bits per heavy atom. The number of sulfonamides is 1. The van der Waals surface area contributed by atoms with Crippen molar-refractivity contribution in [2.75, 3.05) is 0 Å². The van der Waals surface area contributed by atoms with Gasteiger partial charge in [0.25, 0.3) is 0 Å². The quantitative estimate of drug-likeness (QED) is 0.900. The van der Waals surface area contributed by atoms with Gasteiger partial charge in [-0.05, 0) is 62.8 Å². The number of nitrogens with zero attached hydrogens (tertiary/aromatic N) is 2. The molecule has 1 fully saturated rings. The molecule has 7 heteroatoms. The van der Waals surface area contributed by atoms with Crippen molar-refractivity contribution in [3.05, 3.63) is 40.0 Å². The fraction of sp³-hybridized carbons (Fsp3) is 0.556. The number of hydrogen-bond acceptors (Lipinski definition) is 5. The molecule has 25 heavy (non-hydrogen) atoms. The Balaban J connectivity index is 2.10. The fourth-order valence-electron chi connectivity index (χ4n) is 3.74. The lowest BCUT2D eigenvalue weighted by Gasteiger charge is -2.28. The van der Waals surface area contributed by atoms with Crippen molar-refractivity contribution in [3.63, 3.8) is 0 Å². The Hall–Kier alpha value is -1.73. The van der Waals surface area contributed by atoms with Gasteiger partial charge in [-0.2, -0.15) is 9.71 Å². The molecule has 0 amide bonds. The second kappa shape index (κ2) is 6.21. The topological polar surface area (TPSA) is 85.1 Å². The zero-order chi connectivity index (χ0) is 18.4. The van der Waals surface area contributed by atoms with Crippen molar-refractivity contribution < 1.29 is 12.9 Å². The lowest BCUT2D eigenvalue weighted by atomic mass is 9.98. The van der Waals surface area contributed by atoms with E-state index in [1.807, 2.05) is 33.8 Å². The summed E-state index contributed by atoms with van der Waals surface area (Å²) in [6.07, 6.45) is 3.21. The number of rotatable bonds is 4. The first-order chi connectivity index (χ1) is 11.7. The Kier molecular flexibility index (Phi) is 4.49. The average Bonchev–Trinajstić information content (AvgIpc) is 3.15. The molecule has 1 aliphatic carbocycles. The molecule has 1 aromatic carbocycles. The van der Waals surface area contributed by atoms with E-state index in [1.165, 1.54) is 0 Å². The number of benzene rings is 1. The third-order valence-corrected chi connectivity index (χ3v) is 7.12. The van der Waals surface area contributed by atoms with E-state index in [0.717, 1.165) is 35.1 Å². The largest absolute Gasteiger partial charge is 0.340 e. The summed E-state index contributed by atoms with van der Waals surface area (Å²) in [6.45, 7) is 9.31. The number of hydrogen-bond donors (Lipinski definition) is 1. The third kappa shape index (κ3) is 3.11. The molecule has 0 radical (unpaired) electrons. The van der Waals surface area contributed by atoms with E-state index in [-0.39, 0.29) is 0 Å². The number of aryl methyl sites for hydroxylation is 3. The van der Waals surface area contributed by atoms with E-state index in [1.54, 1.807) is 6.92 Å². The van der Waals surface area contributed by atoms with E-state index >= 15 is 0 Å². The molecule has 1 aliphatic rings. The normalized spacial score (nSPS) is 17.2. The van der Waals surface area contributed by atoms with Gasteiger partial charge in [-0.1, -0.05) is 24.1 Å². The minimum atomic E-state index is -3.72. The predicted molar refractivity (Wildman–Crippen MR) is 94.9 cm³/mol. The first-order valence-electron chi connectivity index (χ1n) is 8.58. The molecule has 0 spiro atoms. The highest BCUT2D eigenvalue weighted by atomic mass is 32.2. The first-order valence-corrected chi connectivity index (χ1v) is 10.1. The van der Waals surface area contributed by atoms with Crippen LogP contribution in [0.4, 0.5) is 0 Å². The minimum absolute atomic E-state index is 0.372. The SMILES string of the molecule is Cc1nc(C2(NS(=O)(=O)c3c(C)c(C)cc(C)c3C)CCCC2)no1. The summed E-state index contributed by atoms with van der Waals surface area (Å²) in [7, 11) is -3.72. The first kappa shape index (κ1) is 18.1. The second-order valence-corrected chi connectivity index (χ2v) is 8.74. The van der Waals surface area contributed by atoms with Gasteiger partial charge in [-0.25, -0.2) is 8.42 Å². The van der Waals surface area contributed by atoms with Crippen LogP contribution in [0.5, 0.6) is 0 Å². The van der Waals surface area contributed by atoms with Gasteiger partial charge in [-0.3, -0.25) is 0 Å². The van der Waals surface area contributed by atoms with E-state index < -0.39 is 15.6 Å². The van der Waals surface area contributed by atoms with Crippen LogP contribution in [-0.2, 0) is 15.6 Å². The number of nitrogens with one attached hydrogen (secondary N) is 1. The van der Waals surface area contributed by atoms with Crippen molar-refractivity contribution in [3.8, 4) is 0 Å². The van der Waals surface area contributed by atoms with Gasteiger partial charge in [0.2, 0.25) is 15.9 Å². The lowest BCUT2D eigenvalue weighted by molar-refractivity contribution is 0.338. The summed E-state index contributed by atoms with van der Waals surface area (Å²) in [4.78, 5) is 4.69. The highest BCUT2D eigenvalue weighted by molar-refractivity contribution is 7.89. The van der Waals surface area contributed by atoms with Gasteiger partial charge in [0.15, 0.2) is 5.82 Å². The molecule has 1 saturated carbocycles. The summed E-state index contributed by atoms with van der Waals surface area (Å²) < 4.78 is 34.7. The van der Waals surface area contributed by atoms with Gasteiger partial charge < -0.3 is 4.52 Å². The van der Waals surface area contributed by atoms with Gasteiger partial charge in [0, 0.05) is 6.92 Å².